The van der Waals surface area contributed by atoms with Crippen molar-refractivity contribution in [2.75, 3.05) is 10.5 Å². The number of nitrogens with one attached hydrogen (secondary N) is 1. The minimum atomic E-state index is -4.11. The lowest BCUT2D eigenvalue weighted by molar-refractivity contribution is 0.569. The summed E-state index contributed by atoms with van der Waals surface area (Å²) in [7, 11) is -4.11. The van der Waals surface area contributed by atoms with Crippen LogP contribution in [0, 0.1) is 12.7 Å². The van der Waals surface area contributed by atoms with Gasteiger partial charge in [0.1, 0.15) is 10.7 Å². The Kier molecular flexibility index (Phi) is 3.34. The third-order valence-electron chi connectivity index (χ3n) is 2.40. The highest BCUT2D eigenvalue weighted by molar-refractivity contribution is 7.92. The van der Waals surface area contributed by atoms with Gasteiger partial charge in [0.15, 0.2) is 0 Å². The van der Waals surface area contributed by atoms with Gasteiger partial charge in [-0.1, -0.05) is 0 Å². The molecule has 19 heavy (non-hydrogen) atoms. The molecule has 3 N–H and O–H groups in total. The largest absolute Gasteiger partial charge is 0.398 e. The molecule has 6 nitrogen and oxygen atoms in total. The summed E-state index contributed by atoms with van der Waals surface area (Å²) in [6, 6.07) is 3.66. The van der Waals surface area contributed by atoms with E-state index in [1.807, 2.05) is 0 Å². The molecule has 0 aliphatic carbocycles. The van der Waals surface area contributed by atoms with Crippen LogP contribution in [0.5, 0.6) is 0 Å². The summed E-state index contributed by atoms with van der Waals surface area (Å²) in [6.45, 7) is 1.59. The molecular weight excluding hydrogens is 271 g/mol. The number of aromatic nitrogens is 2. The molecular formula is C11H11FN4O2S. The number of sulfonamides is 1. The van der Waals surface area contributed by atoms with Crippen LogP contribution in [0.4, 0.5) is 16.0 Å². The van der Waals surface area contributed by atoms with Crippen molar-refractivity contribution in [3.05, 3.63) is 42.0 Å². The van der Waals surface area contributed by atoms with Crippen molar-refractivity contribution in [1.29, 1.82) is 0 Å². The molecule has 0 saturated heterocycles. The molecule has 0 atom stereocenters. The van der Waals surface area contributed by atoms with Gasteiger partial charge < -0.3 is 5.73 Å². The molecule has 1 aromatic carbocycles. The lowest BCUT2D eigenvalue weighted by Crippen LogP contribution is -2.16. The number of benzene rings is 1. The maximum atomic E-state index is 13.7. The van der Waals surface area contributed by atoms with Crippen LogP contribution in [0.3, 0.4) is 0 Å². The fourth-order valence-corrected chi connectivity index (χ4v) is 2.45. The first kappa shape index (κ1) is 13.2. The molecule has 0 amide bonds. The van der Waals surface area contributed by atoms with Gasteiger partial charge in [0, 0.05) is 18.1 Å². The number of nitrogens with zero attached hydrogens (tertiary/aromatic N) is 2. The lowest BCUT2D eigenvalue weighted by Gasteiger charge is -2.09. The first-order chi connectivity index (χ1) is 8.90. The van der Waals surface area contributed by atoms with Gasteiger partial charge in [-0.25, -0.2) is 27.5 Å². The average molecular weight is 282 g/mol. The summed E-state index contributed by atoms with van der Waals surface area (Å²) < 4.78 is 39.8. The first-order valence-electron chi connectivity index (χ1n) is 5.25. The van der Waals surface area contributed by atoms with Crippen molar-refractivity contribution < 1.29 is 12.8 Å². The van der Waals surface area contributed by atoms with Gasteiger partial charge in [0.05, 0.1) is 0 Å². The number of halogens is 1. The second kappa shape index (κ2) is 4.81. The Hall–Kier alpha value is -2.22. The van der Waals surface area contributed by atoms with E-state index in [2.05, 4.69) is 14.7 Å². The summed E-state index contributed by atoms with van der Waals surface area (Å²) in [6.07, 6.45) is 2.73. The van der Waals surface area contributed by atoms with Crippen molar-refractivity contribution in [3.63, 3.8) is 0 Å². The maximum absolute atomic E-state index is 13.7. The number of nitrogens with two attached hydrogens (primary N) is 1. The molecule has 100 valence electrons. The van der Waals surface area contributed by atoms with E-state index in [-0.39, 0.29) is 11.6 Å². The third kappa shape index (κ3) is 2.79. The standard InChI is InChI=1S/C11H11FN4O2S/c1-7-5-8(12)10(6-9(7)13)19(17,18)16-11-14-3-2-4-15-11/h2-6H,13H2,1H3,(H,14,15,16). The Balaban J connectivity index is 2.43. The zero-order chi connectivity index (χ0) is 14.0. The molecule has 0 bridgehead atoms. The summed E-state index contributed by atoms with van der Waals surface area (Å²) in [5.74, 6) is -1.02. The van der Waals surface area contributed by atoms with Gasteiger partial charge in [0.25, 0.3) is 10.0 Å². The van der Waals surface area contributed by atoms with Crippen LogP contribution < -0.4 is 10.5 Å². The molecule has 0 saturated carbocycles. The van der Waals surface area contributed by atoms with E-state index in [1.54, 1.807) is 6.92 Å². The number of rotatable bonds is 3. The van der Waals surface area contributed by atoms with E-state index in [1.165, 1.54) is 18.5 Å². The fourth-order valence-electron chi connectivity index (χ4n) is 1.40. The Morgan fingerprint density at radius 2 is 1.89 bits per heavy atom. The normalized spacial score (nSPS) is 11.3. The smallest absolute Gasteiger partial charge is 0.267 e. The zero-order valence-electron chi connectivity index (χ0n) is 9.96. The third-order valence-corrected chi connectivity index (χ3v) is 3.74. The maximum Gasteiger partial charge on any atom is 0.267 e. The number of hydrogen-bond donors (Lipinski definition) is 2. The predicted molar refractivity (Wildman–Crippen MR) is 68.4 cm³/mol. The van der Waals surface area contributed by atoms with Crippen molar-refractivity contribution in [1.82, 2.24) is 9.97 Å². The van der Waals surface area contributed by atoms with E-state index < -0.39 is 20.7 Å². The molecule has 0 radical (unpaired) electrons. The molecule has 2 rings (SSSR count). The minimum absolute atomic E-state index is 0.138. The van der Waals surface area contributed by atoms with Gasteiger partial charge in [-0.2, -0.15) is 0 Å². The minimum Gasteiger partial charge on any atom is -0.398 e. The number of aryl methyl sites for hydroxylation is 1. The van der Waals surface area contributed by atoms with Crippen LogP contribution in [0.2, 0.25) is 0 Å². The highest BCUT2D eigenvalue weighted by Gasteiger charge is 2.21. The number of nitrogen functional groups attached to an aromatic ring is 1. The number of anilines is 2. The fraction of sp³-hybridized carbons (Fsp3) is 0.0909. The quantitative estimate of drug-likeness (QED) is 0.827. The Labute approximate surface area is 109 Å². The van der Waals surface area contributed by atoms with Crippen molar-refractivity contribution in [3.8, 4) is 0 Å². The number of hydrogen-bond acceptors (Lipinski definition) is 5. The van der Waals surface area contributed by atoms with Crippen LogP contribution >= 0.6 is 0 Å². The molecule has 0 spiro atoms. The predicted octanol–water partition coefficient (Wildman–Crippen LogP) is 1.31. The van der Waals surface area contributed by atoms with Crippen molar-refractivity contribution >= 4 is 21.7 Å². The molecule has 0 unspecified atom stereocenters. The van der Waals surface area contributed by atoms with Gasteiger partial charge >= 0.3 is 0 Å². The Morgan fingerprint density at radius 1 is 1.26 bits per heavy atom. The SMILES string of the molecule is Cc1cc(F)c(S(=O)(=O)Nc2ncccn2)cc1N. The molecule has 0 aliphatic heterocycles. The average Bonchev–Trinajstić information content (AvgIpc) is 2.34. The van der Waals surface area contributed by atoms with Crippen molar-refractivity contribution in [2.45, 2.75) is 11.8 Å². The first-order valence-corrected chi connectivity index (χ1v) is 6.74. The van der Waals surface area contributed by atoms with E-state index in [4.69, 9.17) is 5.73 Å². The summed E-state index contributed by atoms with van der Waals surface area (Å²) >= 11 is 0. The topological polar surface area (TPSA) is 98.0 Å². The Bertz CT molecular complexity index is 704. The van der Waals surface area contributed by atoms with E-state index in [0.717, 1.165) is 12.1 Å². The second-order valence-corrected chi connectivity index (χ2v) is 5.47. The molecule has 0 fully saturated rings. The van der Waals surface area contributed by atoms with Gasteiger partial charge in [0.2, 0.25) is 5.95 Å². The zero-order valence-corrected chi connectivity index (χ0v) is 10.8. The van der Waals surface area contributed by atoms with Crippen molar-refractivity contribution in [2.24, 2.45) is 0 Å². The van der Waals surface area contributed by atoms with Gasteiger partial charge in [-0.05, 0) is 30.7 Å². The van der Waals surface area contributed by atoms with E-state index >= 15 is 0 Å². The van der Waals surface area contributed by atoms with Crippen LogP contribution in [0.15, 0.2) is 35.5 Å². The summed E-state index contributed by atoms with van der Waals surface area (Å²) in [4.78, 5) is 6.87. The molecule has 2 aromatic rings. The van der Waals surface area contributed by atoms with Gasteiger partial charge in [-0.15, -0.1) is 0 Å². The van der Waals surface area contributed by atoms with E-state index in [0.29, 0.717) is 5.56 Å². The monoisotopic (exact) mass is 282 g/mol. The summed E-state index contributed by atoms with van der Waals surface area (Å²) in [5.41, 5.74) is 6.25. The molecule has 1 heterocycles. The highest BCUT2D eigenvalue weighted by Crippen LogP contribution is 2.22. The lowest BCUT2D eigenvalue weighted by atomic mass is 10.2. The molecule has 8 heteroatoms. The van der Waals surface area contributed by atoms with Crippen LogP contribution in [-0.2, 0) is 10.0 Å². The second-order valence-electron chi connectivity index (χ2n) is 3.82. The van der Waals surface area contributed by atoms with Gasteiger partial charge in [-0.3, -0.25) is 0 Å². The highest BCUT2D eigenvalue weighted by atomic mass is 32.2. The Morgan fingerprint density at radius 3 is 2.53 bits per heavy atom. The van der Waals surface area contributed by atoms with Crippen LogP contribution in [0.25, 0.3) is 0 Å². The summed E-state index contributed by atoms with van der Waals surface area (Å²) in [5, 5.41) is 0. The van der Waals surface area contributed by atoms with Crippen LogP contribution in [0.1, 0.15) is 5.56 Å². The van der Waals surface area contributed by atoms with E-state index in [9.17, 15) is 12.8 Å². The molecule has 0 aliphatic rings. The van der Waals surface area contributed by atoms with Crippen LogP contribution in [-0.4, -0.2) is 18.4 Å². The molecule has 1 aromatic heterocycles.